The largest absolute Gasteiger partial charge is 0.337 e. The van der Waals surface area contributed by atoms with Crippen molar-refractivity contribution in [3.8, 4) is 11.4 Å². The summed E-state index contributed by atoms with van der Waals surface area (Å²) in [6.07, 6.45) is 7.73. The number of carbonyl (C=O) groups is 1. The zero-order chi connectivity index (χ0) is 18.8. The molecule has 0 fully saturated rings. The van der Waals surface area contributed by atoms with Crippen molar-refractivity contribution in [1.82, 2.24) is 24.3 Å². The third kappa shape index (κ3) is 3.60. The predicted molar refractivity (Wildman–Crippen MR) is 104 cm³/mol. The van der Waals surface area contributed by atoms with Crippen molar-refractivity contribution in [3.63, 3.8) is 0 Å². The van der Waals surface area contributed by atoms with Crippen LogP contribution in [0.5, 0.6) is 0 Å². The molecule has 7 nitrogen and oxygen atoms in total. The van der Waals surface area contributed by atoms with Gasteiger partial charge in [-0.2, -0.15) is 0 Å². The average Bonchev–Trinajstić information content (AvgIpc) is 3.25. The molecule has 0 unspecified atom stereocenters. The molecular weight excluding hydrogens is 364 g/mol. The molecular formula is C19H21ClN6O. The number of aromatic nitrogens is 5. The van der Waals surface area contributed by atoms with E-state index in [1.807, 2.05) is 17.6 Å². The van der Waals surface area contributed by atoms with Crippen molar-refractivity contribution in [3.05, 3.63) is 47.3 Å². The minimum Gasteiger partial charge on any atom is -0.337 e. The standard InChI is InChI=1S/C19H21ClN6O/c1-2-25-11-16(21-12-25)19(27)22-13-7-8-15(20)14(10-13)18-24-23-17-6-4-3-5-9-26(17)18/h7-8,10-12H,2-6,9H2,1H3,(H,22,27). The van der Waals surface area contributed by atoms with E-state index >= 15 is 0 Å². The summed E-state index contributed by atoms with van der Waals surface area (Å²) >= 11 is 6.44. The lowest BCUT2D eigenvalue weighted by atomic mass is 10.1. The van der Waals surface area contributed by atoms with Crippen LogP contribution in [0.15, 0.2) is 30.7 Å². The number of anilines is 1. The maximum absolute atomic E-state index is 12.5. The van der Waals surface area contributed by atoms with Crippen molar-refractivity contribution in [2.75, 3.05) is 5.32 Å². The quantitative estimate of drug-likeness (QED) is 0.742. The Hall–Kier alpha value is -2.67. The van der Waals surface area contributed by atoms with Crippen molar-refractivity contribution in [2.45, 2.75) is 45.7 Å². The molecule has 0 radical (unpaired) electrons. The number of fused-ring (bicyclic) bond motifs is 1. The number of carbonyl (C=O) groups excluding carboxylic acids is 1. The second kappa shape index (κ2) is 7.52. The molecule has 4 rings (SSSR count). The highest BCUT2D eigenvalue weighted by Crippen LogP contribution is 2.31. The summed E-state index contributed by atoms with van der Waals surface area (Å²) in [6, 6.07) is 5.40. The zero-order valence-corrected chi connectivity index (χ0v) is 15.9. The Morgan fingerprint density at radius 2 is 2.15 bits per heavy atom. The summed E-state index contributed by atoms with van der Waals surface area (Å²) in [4.78, 5) is 16.6. The Labute approximate surface area is 162 Å². The lowest BCUT2D eigenvalue weighted by Crippen LogP contribution is -2.12. The van der Waals surface area contributed by atoms with Gasteiger partial charge in [0.1, 0.15) is 11.5 Å². The molecule has 8 heteroatoms. The van der Waals surface area contributed by atoms with Gasteiger partial charge in [0.25, 0.3) is 5.91 Å². The fourth-order valence-corrected chi connectivity index (χ4v) is 3.51. The third-order valence-electron chi connectivity index (χ3n) is 4.81. The molecule has 0 saturated carbocycles. The monoisotopic (exact) mass is 384 g/mol. The van der Waals surface area contributed by atoms with Gasteiger partial charge in [-0.1, -0.05) is 18.0 Å². The van der Waals surface area contributed by atoms with Crippen LogP contribution in [0, 0.1) is 0 Å². The van der Waals surface area contributed by atoms with Crippen LogP contribution < -0.4 is 5.32 Å². The maximum Gasteiger partial charge on any atom is 0.275 e. The van der Waals surface area contributed by atoms with Gasteiger partial charge in [-0.3, -0.25) is 4.79 Å². The Morgan fingerprint density at radius 3 is 2.96 bits per heavy atom. The highest BCUT2D eigenvalue weighted by molar-refractivity contribution is 6.33. The van der Waals surface area contributed by atoms with Crippen LogP contribution in [0.3, 0.4) is 0 Å². The first-order valence-corrected chi connectivity index (χ1v) is 9.58. The summed E-state index contributed by atoms with van der Waals surface area (Å²) in [6.45, 7) is 3.65. The van der Waals surface area contributed by atoms with E-state index < -0.39 is 0 Å². The van der Waals surface area contributed by atoms with Crippen LogP contribution in [0.2, 0.25) is 5.02 Å². The number of imidazole rings is 1. The van der Waals surface area contributed by atoms with Gasteiger partial charge in [0, 0.05) is 37.0 Å². The van der Waals surface area contributed by atoms with E-state index in [-0.39, 0.29) is 5.91 Å². The maximum atomic E-state index is 12.5. The van der Waals surface area contributed by atoms with Gasteiger partial charge < -0.3 is 14.5 Å². The molecule has 1 aromatic carbocycles. The Bertz CT molecular complexity index is 976. The summed E-state index contributed by atoms with van der Waals surface area (Å²) < 4.78 is 4.00. The predicted octanol–water partition coefficient (Wildman–Crippen LogP) is 3.79. The highest BCUT2D eigenvalue weighted by Gasteiger charge is 2.19. The summed E-state index contributed by atoms with van der Waals surface area (Å²) in [7, 11) is 0. The number of amides is 1. The van der Waals surface area contributed by atoms with Crippen LogP contribution in [0.1, 0.15) is 42.5 Å². The summed E-state index contributed by atoms with van der Waals surface area (Å²) in [5.41, 5.74) is 1.80. The molecule has 0 spiro atoms. The van der Waals surface area contributed by atoms with E-state index in [9.17, 15) is 4.79 Å². The lowest BCUT2D eigenvalue weighted by molar-refractivity contribution is 0.102. The van der Waals surface area contributed by atoms with Crippen LogP contribution in [-0.4, -0.2) is 30.2 Å². The molecule has 140 valence electrons. The average molecular weight is 385 g/mol. The number of nitrogens with one attached hydrogen (secondary N) is 1. The van der Waals surface area contributed by atoms with Crippen molar-refractivity contribution < 1.29 is 4.79 Å². The van der Waals surface area contributed by atoms with Gasteiger partial charge in [0.05, 0.1) is 11.3 Å². The van der Waals surface area contributed by atoms with Gasteiger partial charge >= 0.3 is 0 Å². The Balaban J connectivity index is 1.62. The molecule has 1 aliphatic rings. The van der Waals surface area contributed by atoms with E-state index in [2.05, 4.69) is 25.1 Å². The first kappa shape index (κ1) is 17.7. The van der Waals surface area contributed by atoms with E-state index in [1.54, 1.807) is 24.7 Å². The number of aryl methyl sites for hydroxylation is 2. The molecule has 2 aromatic heterocycles. The molecule has 0 aliphatic carbocycles. The number of hydrogen-bond acceptors (Lipinski definition) is 4. The van der Waals surface area contributed by atoms with Gasteiger partial charge in [-0.05, 0) is 38.0 Å². The fourth-order valence-electron chi connectivity index (χ4n) is 3.30. The van der Waals surface area contributed by atoms with Crippen LogP contribution in [0.4, 0.5) is 5.69 Å². The fraction of sp³-hybridized carbons (Fsp3) is 0.368. The molecule has 1 amide bonds. The Morgan fingerprint density at radius 1 is 1.26 bits per heavy atom. The van der Waals surface area contributed by atoms with E-state index in [0.29, 0.717) is 16.4 Å². The SMILES string of the molecule is CCn1cnc(C(=O)Nc2ccc(Cl)c(-c3nnc4n3CCCCC4)c2)c1. The topological polar surface area (TPSA) is 77.6 Å². The van der Waals surface area contributed by atoms with Crippen LogP contribution >= 0.6 is 11.6 Å². The van der Waals surface area contributed by atoms with Crippen molar-refractivity contribution in [2.24, 2.45) is 0 Å². The van der Waals surface area contributed by atoms with E-state index in [4.69, 9.17) is 11.6 Å². The van der Waals surface area contributed by atoms with Gasteiger partial charge in [0.2, 0.25) is 0 Å². The van der Waals surface area contributed by atoms with Gasteiger partial charge in [0.15, 0.2) is 5.82 Å². The van der Waals surface area contributed by atoms with Gasteiger partial charge in [-0.15, -0.1) is 10.2 Å². The molecule has 1 aliphatic heterocycles. The Kier molecular flexibility index (Phi) is 4.94. The first-order chi connectivity index (χ1) is 13.2. The minimum absolute atomic E-state index is 0.254. The molecule has 0 bridgehead atoms. The summed E-state index contributed by atoms with van der Waals surface area (Å²) in [5.74, 6) is 1.50. The highest BCUT2D eigenvalue weighted by atomic mass is 35.5. The van der Waals surface area contributed by atoms with Crippen LogP contribution in [-0.2, 0) is 19.5 Å². The minimum atomic E-state index is -0.254. The molecule has 27 heavy (non-hydrogen) atoms. The van der Waals surface area contributed by atoms with Crippen molar-refractivity contribution >= 4 is 23.2 Å². The number of rotatable bonds is 4. The molecule has 3 heterocycles. The third-order valence-corrected chi connectivity index (χ3v) is 5.14. The molecule has 1 N–H and O–H groups in total. The zero-order valence-electron chi connectivity index (χ0n) is 15.2. The first-order valence-electron chi connectivity index (χ1n) is 9.21. The van der Waals surface area contributed by atoms with Gasteiger partial charge in [-0.25, -0.2) is 4.98 Å². The van der Waals surface area contributed by atoms with Crippen molar-refractivity contribution in [1.29, 1.82) is 0 Å². The second-order valence-electron chi connectivity index (χ2n) is 6.64. The van der Waals surface area contributed by atoms with Crippen LogP contribution in [0.25, 0.3) is 11.4 Å². The molecule has 0 atom stereocenters. The smallest absolute Gasteiger partial charge is 0.275 e. The normalized spacial score (nSPS) is 13.9. The van der Waals surface area contributed by atoms with E-state index in [1.165, 1.54) is 6.42 Å². The van der Waals surface area contributed by atoms with E-state index in [0.717, 1.165) is 49.6 Å². The second-order valence-corrected chi connectivity index (χ2v) is 7.05. The lowest BCUT2D eigenvalue weighted by Gasteiger charge is -2.10. The number of benzene rings is 1. The number of hydrogen-bond donors (Lipinski definition) is 1. The number of halogens is 1. The number of nitrogens with zero attached hydrogens (tertiary/aromatic N) is 5. The molecule has 3 aromatic rings. The molecule has 0 saturated heterocycles. The summed E-state index contributed by atoms with van der Waals surface area (Å²) in [5, 5.41) is 12.2.